The first-order valence-corrected chi connectivity index (χ1v) is 7.23. The summed E-state index contributed by atoms with van der Waals surface area (Å²) in [5.74, 6) is -1.23. The minimum Gasteiger partial charge on any atom is -0.486 e. The number of nitrogens with one attached hydrogen (secondary N) is 1. The van der Waals surface area contributed by atoms with Crippen LogP contribution >= 0.6 is 0 Å². The molecule has 1 aromatic rings. The normalized spacial score (nSPS) is 22.9. The van der Waals surface area contributed by atoms with Crippen molar-refractivity contribution in [2.45, 2.75) is 12.8 Å². The number of benzene rings is 1. The van der Waals surface area contributed by atoms with Crippen molar-refractivity contribution < 1.29 is 24.2 Å². The number of allylic oxidation sites excluding steroid dienone is 2. The molecular weight excluding hydrogens is 286 g/mol. The lowest BCUT2D eigenvalue weighted by molar-refractivity contribution is -0.146. The third kappa shape index (κ3) is 2.90. The average Bonchev–Trinajstić information content (AvgIpc) is 2.54. The minimum atomic E-state index is -0.938. The molecule has 0 saturated heterocycles. The Kier molecular flexibility index (Phi) is 4.00. The quantitative estimate of drug-likeness (QED) is 0.835. The molecule has 22 heavy (non-hydrogen) atoms. The van der Waals surface area contributed by atoms with Gasteiger partial charge in [-0.2, -0.15) is 0 Å². The summed E-state index contributed by atoms with van der Waals surface area (Å²) < 4.78 is 10.9. The van der Waals surface area contributed by atoms with Crippen molar-refractivity contribution in [3.8, 4) is 11.5 Å². The van der Waals surface area contributed by atoms with Crippen molar-refractivity contribution in [2.75, 3.05) is 18.5 Å². The lowest BCUT2D eigenvalue weighted by atomic mass is 9.82. The van der Waals surface area contributed by atoms with E-state index in [2.05, 4.69) is 5.32 Å². The Morgan fingerprint density at radius 1 is 1.05 bits per heavy atom. The fraction of sp³-hybridized carbons (Fsp3) is 0.375. The van der Waals surface area contributed by atoms with E-state index in [0.717, 1.165) is 0 Å². The second-order valence-corrected chi connectivity index (χ2v) is 5.34. The number of fused-ring (bicyclic) bond motifs is 1. The van der Waals surface area contributed by atoms with E-state index >= 15 is 0 Å². The van der Waals surface area contributed by atoms with E-state index in [1.165, 1.54) is 0 Å². The van der Waals surface area contributed by atoms with Crippen molar-refractivity contribution >= 4 is 17.6 Å². The van der Waals surface area contributed by atoms with Crippen molar-refractivity contribution in [1.82, 2.24) is 0 Å². The Balaban J connectivity index is 1.73. The molecule has 0 radical (unpaired) electrons. The van der Waals surface area contributed by atoms with Crippen molar-refractivity contribution in [3.05, 3.63) is 30.4 Å². The fourth-order valence-corrected chi connectivity index (χ4v) is 2.73. The van der Waals surface area contributed by atoms with Crippen LogP contribution in [0.25, 0.3) is 0 Å². The van der Waals surface area contributed by atoms with Gasteiger partial charge in [0.2, 0.25) is 5.91 Å². The van der Waals surface area contributed by atoms with Crippen LogP contribution in [0.1, 0.15) is 12.8 Å². The summed E-state index contributed by atoms with van der Waals surface area (Å²) in [6.07, 6.45) is 4.49. The average molecular weight is 303 g/mol. The maximum absolute atomic E-state index is 12.4. The van der Waals surface area contributed by atoms with E-state index < -0.39 is 17.8 Å². The van der Waals surface area contributed by atoms with Crippen molar-refractivity contribution in [1.29, 1.82) is 0 Å². The summed E-state index contributed by atoms with van der Waals surface area (Å²) in [7, 11) is 0. The lowest BCUT2D eigenvalue weighted by Gasteiger charge is -2.24. The molecule has 6 heteroatoms. The maximum atomic E-state index is 12.4. The molecule has 1 aliphatic carbocycles. The highest BCUT2D eigenvalue weighted by atomic mass is 16.6. The third-order valence-electron chi connectivity index (χ3n) is 3.90. The molecule has 116 valence electrons. The number of anilines is 1. The highest BCUT2D eigenvalue weighted by Crippen LogP contribution is 2.33. The van der Waals surface area contributed by atoms with Crippen LogP contribution in [0.3, 0.4) is 0 Å². The number of rotatable bonds is 3. The molecule has 3 rings (SSSR count). The molecule has 1 aromatic carbocycles. The highest BCUT2D eigenvalue weighted by molar-refractivity contribution is 5.95. The van der Waals surface area contributed by atoms with Gasteiger partial charge in [-0.15, -0.1) is 0 Å². The Labute approximate surface area is 127 Å². The monoisotopic (exact) mass is 303 g/mol. The van der Waals surface area contributed by atoms with E-state index in [-0.39, 0.29) is 5.91 Å². The van der Waals surface area contributed by atoms with Crippen LogP contribution in [0.5, 0.6) is 11.5 Å². The summed E-state index contributed by atoms with van der Waals surface area (Å²) in [5, 5.41) is 12.0. The lowest BCUT2D eigenvalue weighted by Crippen LogP contribution is -2.34. The smallest absolute Gasteiger partial charge is 0.307 e. The number of carbonyl (C=O) groups is 2. The van der Waals surface area contributed by atoms with Crippen molar-refractivity contribution in [2.24, 2.45) is 11.8 Å². The first-order chi connectivity index (χ1) is 10.6. The highest BCUT2D eigenvalue weighted by Gasteiger charge is 2.34. The largest absolute Gasteiger partial charge is 0.486 e. The van der Waals surface area contributed by atoms with Crippen LogP contribution in [0.4, 0.5) is 5.69 Å². The molecule has 0 saturated carbocycles. The Morgan fingerprint density at radius 2 is 1.73 bits per heavy atom. The number of ether oxygens (including phenoxy) is 2. The number of hydrogen-bond donors (Lipinski definition) is 2. The molecule has 1 aliphatic heterocycles. The SMILES string of the molecule is O=C(O)C1CC=CCC1C(=O)Nc1ccc2c(c1)OCCO2. The van der Waals surface area contributed by atoms with Gasteiger partial charge in [0.1, 0.15) is 13.2 Å². The van der Waals surface area contributed by atoms with E-state index in [1.807, 2.05) is 12.2 Å². The van der Waals surface area contributed by atoms with Gasteiger partial charge in [-0.3, -0.25) is 9.59 Å². The van der Waals surface area contributed by atoms with Crippen LogP contribution in [0, 0.1) is 11.8 Å². The summed E-state index contributed by atoms with van der Waals surface area (Å²) in [4.78, 5) is 23.6. The van der Waals surface area contributed by atoms with Gasteiger partial charge in [0.05, 0.1) is 11.8 Å². The van der Waals surface area contributed by atoms with Gasteiger partial charge < -0.3 is 19.9 Å². The summed E-state index contributed by atoms with van der Waals surface area (Å²) in [6.45, 7) is 0.978. The molecule has 0 bridgehead atoms. The molecular formula is C16H17NO5. The molecule has 0 fully saturated rings. The molecule has 2 atom stereocenters. The Morgan fingerprint density at radius 3 is 2.45 bits per heavy atom. The molecule has 0 aromatic heterocycles. The van der Waals surface area contributed by atoms with Gasteiger partial charge in [0, 0.05) is 11.8 Å². The molecule has 1 amide bonds. The van der Waals surface area contributed by atoms with Crippen LogP contribution < -0.4 is 14.8 Å². The molecule has 6 nitrogen and oxygen atoms in total. The molecule has 2 unspecified atom stereocenters. The summed E-state index contributed by atoms with van der Waals surface area (Å²) in [5.41, 5.74) is 0.577. The van der Waals surface area contributed by atoms with Gasteiger partial charge in [0.15, 0.2) is 11.5 Å². The first kappa shape index (κ1) is 14.4. The maximum Gasteiger partial charge on any atom is 0.307 e. The number of carboxylic acids is 1. The zero-order valence-corrected chi connectivity index (χ0v) is 12.0. The van der Waals surface area contributed by atoms with Crippen molar-refractivity contribution in [3.63, 3.8) is 0 Å². The first-order valence-electron chi connectivity index (χ1n) is 7.23. The minimum absolute atomic E-state index is 0.284. The number of carboxylic acid groups (broad SMARTS) is 1. The number of hydrogen-bond acceptors (Lipinski definition) is 4. The Hall–Kier alpha value is -2.50. The molecule has 2 N–H and O–H groups in total. The predicted molar refractivity (Wildman–Crippen MR) is 79.1 cm³/mol. The fourth-order valence-electron chi connectivity index (χ4n) is 2.73. The van der Waals surface area contributed by atoms with Crippen LogP contribution in [0.15, 0.2) is 30.4 Å². The molecule has 2 aliphatic rings. The van der Waals surface area contributed by atoms with Gasteiger partial charge in [-0.25, -0.2) is 0 Å². The number of carbonyl (C=O) groups excluding carboxylic acids is 1. The standard InChI is InChI=1S/C16H17NO5/c18-15(11-3-1-2-4-12(11)16(19)20)17-10-5-6-13-14(9-10)22-8-7-21-13/h1-2,5-6,9,11-12H,3-4,7-8H2,(H,17,18)(H,19,20). The number of amides is 1. The number of aliphatic carboxylic acids is 1. The predicted octanol–water partition coefficient (Wildman–Crippen LogP) is 2.06. The van der Waals surface area contributed by atoms with Crippen LogP contribution in [-0.4, -0.2) is 30.2 Å². The van der Waals surface area contributed by atoms with E-state index in [1.54, 1.807) is 18.2 Å². The van der Waals surface area contributed by atoms with Crippen LogP contribution in [0.2, 0.25) is 0 Å². The van der Waals surface area contributed by atoms with E-state index in [0.29, 0.717) is 43.2 Å². The zero-order valence-electron chi connectivity index (χ0n) is 12.0. The van der Waals surface area contributed by atoms with Gasteiger partial charge in [-0.05, 0) is 25.0 Å². The summed E-state index contributed by atoms with van der Waals surface area (Å²) in [6, 6.07) is 5.15. The Bertz CT molecular complexity index is 625. The van der Waals surface area contributed by atoms with Gasteiger partial charge in [-0.1, -0.05) is 12.2 Å². The topological polar surface area (TPSA) is 84.9 Å². The second kappa shape index (κ2) is 6.09. The zero-order chi connectivity index (χ0) is 15.5. The van der Waals surface area contributed by atoms with E-state index in [9.17, 15) is 14.7 Å². The van der Waals surface area contributed by atoms with Crippen LogP contribution in [-0.2, 0) is 9.59 Å². The molecule has 0 spiro atoms. The van der Waals surface area contributed by atoms with Gasteiger partial charge in [0.25, 0.3) is 0 Å². The molecule has 1 heterocycles. The summed E-state index contributed by atoms with van der Waals surface area (Å²) >= 11 is 0. The third-order valence-corrected chi connectivity index (χ3v) is 3.90. The second-order valence-electron chi connectivity index (χ2n) is 5.34. The van der Waals surface area contributed by atoms with Gasteiger partial charge >= 0.3 is 5.97 Å². The van der Waals surface area contributed by atoms with E-state index in [4.69, 9.17) is 9.47 Å².